The van der Waals surface area contributed by atoms with Crippen LogP contribution in [0.4, 0.5) is 0 Å². The number of aryl methyl sites for hydroxylation is 1. The van der Waals surface area contributed by atoms with E-state index in [0.29, 0.717) is 6.54 Å². The van der Waals surface area contributed by atoms with Crippen molar-refractivity contribution in [3.63, 3.8) is 0 Å². The molecule has 0 saturated heterocycles. The van der Waals surface area contributed by atoms with Gasteiger partial charge in [0.2, 0.25) is 0 Å². The first-order valence-electron chi connectivity index (χ1n) is 8.53. The van der Waals surface area contributed by atoms with Crippen molar-refractivity contribution < 1.29 is 19.6 Å². The Kier molecular flexibility index (Phi) is 5.14. The minimum Gasteiger partial charge on any atom is -0.871 e. The molecule has 2 heterocycles. The smallest absolute Gasteiger partial charge is 0.318 e. The molecule has 1 aliphatic rings. The highest BCUT2D eigenvalue weighted by Crippen LogP contribution is 2.26. The van der Waals surface area contributed by atoms with E-state index in [1.807, 2.05) is 55.6 Å². The molecule has 1 aromatic carbocycles. The van der Waals surface area contributed by atoms with Crippen LogP contribution in [0.25, 0.3) is 5.70 Å². The second-order valence-electron chi connectivity index (χ2n) is 6.10. The van der Waals surface area contributed by atoms with Crippen LogP contribution < -0.4 is 9.67 Å². The molecule has 1 aliphatic heterocycles. The summed E-state index contributed by atoms with van der Waals surface area (Å²) in [6.45, 7) is 2.16. The molecular formula is C20H22N2O3. The van der Waals surface area contributed by atoms with Crippen LogP contribution >= 0.6 is 0 Å². The third-order valence-electron chi connectivity index (χ3n) is 4.57. The average molecular weight is 338 g/mol. The highest BCUT2D eigenvalue weighted by atomic mass is 16.3. The van der Waals surface area contributed by atoms with Crippen LogP contribution in [0.1, 0.15) is 30.5 Å². The van der Waals surface area contributed by atoms with Gasteiger partial charge < -0.3 is 15.1 Å². The van der Waals surface area contributed by atoms with Crippen molar-refractivity contribution in [2.75, 3.05) is 13.2 Å². The second kappa shape index (κ2) is 7.49. The van der Waals surface area contributed by atoms with E-state index in [9.17, 15) is 15.0 Å². The van der Waals surface area contributed by atoms with Gasteiger partial charge in [-0.15, -0.1) is 0 Å². The predicted molar refractivity (Wildman–Crippen MR) is 91.8 cm³/mol. The molecule has 130 valence electrons. The minimum atomic E-state index is -0.452. The van der Waals surface area contributed by atoms with E-state index in [1.54, 1.807) is 15.7 Å². The molecule has 0 fully saturated rings. The van der Waals surface area contributed by atoms with E-state index < -0.39 is 6.04 Å². The average Bonchev–Trinajstić information content (AvgIpc) is 2.65. The number of pyridine rings is 1. The van der Waals surface area contributed by atoms with Crippen molar-refractivity contribution >= 4 is 11.6 Å². The number of carbonyl (C=O) groups is 1. The molecule has 1 atom stereocenters. The van der Waals surface area contributed by atoms with Crippen molar-refractivity contribution in [2.45, 2.75) is 25.8 Å². The third-order valence-corrected chi connectivity index (χ3v) is 4.57. The fourth-order valence-electron chi connectivity index (χ4n) is 3.18. The van der Waals surface area contributed by atoms with Crippen molar-refractivity contribution in [3.8, 4) is 0 Å². The van der Waals surface area contributed by atoms with Crippen LogP contribution in [0.5, 0.6) is 0 Å². The van der Waals surface area contributed by atoms with E-state index in [-0.39, 0.29) is 30.4 Å². The van der Waals surface area contributed by atoms with Gasteiger partial charge in [-0.2, -0.15) is 4.57 Å². The Morgan fingerprint density at radius 2 is 2.00 bits per heavy atom. The Labute approximate surface area is 147 Å². The monoisotopic (exact) mass is 338 g/mol. The summed E-state index contributed by atoms with van der Waals surface area (Å²) in [6, 6.07) is 12.8. The first-order chi connectivity index (χ1) is 12.2. The second-order valence-corrected chi connectivity index (χ2v) is 6.10. The molecule has 1 amide bonds. The molecule has 5 heteroatoms. The van der Waals surface area contributed by atoms with Gasteiger partial charge in [-0.1, -0.05) is 37.3 Å². The number of aliphatic hydroxyl groups is 1. The number of aromatic nitrogens is 1. The van der Waals surface area contributed by atoms with Gasteiger partial charge in [-0.25, -0.2) is 0 Å². The molecule has 25 heavy (non-hydrogen) atoms. The predicted octanol–water partition coefficient (Wildman–Crippen LogP) is 1.03. The summed E-state index contributed by atoms with van der Waals surface area (Å²) in [4.78, 5) is 14.6. The lowest BCUT2D eigenvalue weighted by Gasteiger charge is -2.35. The van der Waals surface area contributed by atoms with Crippen LogP contribution in [0.3, 0.4) is 0 Å². The summed E-state index contributed by atoms with van der Waals surface area (Å²) in [7, 11) is 0. The molecule has 0 saturated carbocycles. The summed E-state index contributed by atoms with van der Waals surface area (Å²) >= 11 is 0. The largest absolute Gasteiger partial charge is 0.871 e. The number of carbonyl (C=O) groups excluding carboxylic acids is 1. The molecule has 0 radical (unpaired) electrons. The SMILES string of the molecule is CCc1ccc[n+](C2=C([O-])CCN([C@@H](CO)c3ccccc3)C2=O)c1. The van der Waals surface area contributed by atoms with Gasteiger partial charge in [0, 0.05) is 18.2 Å². The van der Waals surface area contributed by atoms with Gasteiger partial charge >= 0.3 is 5.91 Å². The fraction of sp³-hybridized carbons (Fsp3) is 0.300. The fourth-order valence-corrected chi connectivity index (χ4v) is 3.18. The van der Waals surface area contributed by atoms with Gasteiger partial charge in [-0.3, -0.25) is 4.79 Å². The van der Waals surface area contributed by atoms with E-state index >= 15 is 0 Å². The molecule has 1 aromatic heterocycles. The normalized spacial score (nSPS) is 16.2. The third kappa shape index (κ3) is 3.42. The lowest BCUT2D eigenvalue weighted by atomic mass is 10.0. The molecule has 0 spiro atoms. The molecule has 2 aromatic rings. The maximum Gasteiger partial charge on any atom is 0.318 e. The number of aliphatic hydroxyl groups excluding tert-OH is 1. The van der Waals surface area contributed by atoms with E-state index in [4.69, 9.17) is 0 Å². The van der Waals surface area contributed by atoms with Crippen LogP contribution in [0.15, 0.2) is 60.6 Å². The molecule has 0 aliphatic carbocycles. The zero-order valence-corrected chi connectivity index (χ0v) is 14.3. The Bertz CT molecular complexity index is 787. The Morgan fingerprint density at radius 3 is 2.68 bits per heavy atom. The lowest BCUT2D eigenvalue weighted by Crippen LogP contribution is -2.50. The topological polar surface area (TPSA) is 67.5 Å². The molecule has 3 rings (SSSR count). The Hall–Kier alpha value is -2.66. The maximum atomic E-state index is 13.0. The number of hydrogen-bond acceptors (Lipinski definition) is 3. The van der Waals surface area contributed by atoms with Crippen LogP contribution in [-0.4, -0.2) is 29.1 Å². The first kappa shape index (κ1) is 17.2. The summed E-state index contributed by atoms with van der Waals surface area (Å²) in [6.07, 6.45) is 4.63. The number of benzene rings is 1. The van der Waals surface area contributed by atoms with Crippen LogP contribution in [-0.2, 0) is 11.2 Å². The molecule has 0 unspecified atom stereocenters. The van der Waals surface area contributed by atoms with Gasteiger partial charge in [0.1, 0.15) is 0 Å². The summed E-state index contributed by atoms with van der Waals surface area (Å²) in [5, 5.41) is 22.3. The van der Waals surface area contributed by atoms with E-state index in [0.717, 1.165) is 17.5 Å². The van der Waals surface area contributed by atoms with Gasteiger partial charge in [0.15, 0.2) is 12.4 Å². The Balaban J connectivity index is 1.97. The quantitative estimate of drug-likeness (QED) is 0.828. The highest BCUT2D eigenvalue weighted by Gasteiger charge is 2.35. The molecule has 1 N–H and O–H groups in total. The zero-order chi connectivity index (χ0) is 17.8. The molecular weight excluding hydrogens is 316 g/mol. The summed E-state index contributed by atoms with van der Waals surface area (Å²) in [5.74, 6) is -0.498. The first-order valence-corrected chi connectivity index (χ1v) is 8.53. The molecule has 5 nitrogen and oxygen atoms in total. The van der Waals surface area contributed by atoms with Crippen molar-refractivity contribution in [3.05, 3.63) is 71.7 Å². The van der Waals surface area contributed by atoms with Gasteiger partial charge in [-0.05, 0) is 30.2 Å². The summed E-state index contributed by atoms with van der Waals surface area (Å²) < 4.78 is 1.62. The number of nitrogens with zero attached hydrogens (tertiary/aromatic N) is 2. The van der Waals surface area contributed by atoms with Crippen molar-refractivity contribution in [1.82, 2.24) is 4.90 Å². The lowest BCUT2D eigenvalue weighted by molar-refractivity contribution is -0.584. The van der Waals surface area contributed by atoms with E-state index in [2.05, 4.69) is 0 Å². The number of rotatable bonds is 5. The van der Waals surface area contributed by atoms with Crippen LogP contribution in [0.2, 0.25) is 0 Å². The maximum absolute atomic E-state index is 13.0. The summed E-state index contributed by atoms with van der Waals surface area (Å²) in [5.41, 5.74) is 2.06. The van der Waals surface area contributed by atoms with Gasteiger partial charge in [0.05, 0.1) is 12.6 Å². The van der Waals surface area contributed by atoms with Crippen molar-refractivity contribution in [2.24, 2.45) is 0 Å². The van der Waals surface area contributed by atoms with Crippen LogP contribution in [0, 0.1) is 0 Å². The van der Waals surface area contributed by atoms with Crippen molar-refractivity contribution in [1.29, 1.82) is 0 Å². The van der Waals surface area contributed by atoms with Gasteiger partial charge in [0.25, 0.3) is 5.70 Å². The zero-order valence-electron chi connectivity index (χ0n) is 14.3. The highest BCUT2D eigenvalue weighted by molar-refractivity contribution is 6.11. The minimum absolute atomic E-state index is 0.149. The van der Waals surface area contributed by atoms with E-state index in [1.165, 1.54) is 0 Å². The number of hydrogen-bond donors (Lipinski definition) is 1. The molecule has 0 bridgehead atoms. The standard InChI is InChI=1S/C20H22N2O3/c1-2-15-7-6-11-21(13-15)19-18(24)10-12-22(20(19)25)17(14-23)16-8-4-3-5-9-16/h3-9,11,13,17,23H,2,10,12,14H2,1H3/t17-/m0/s1. The Morgan fingerprint density at radius 1 is 1.24 bits per heavy atom. The number of amides is 1.